The van der Waals surface area contributed by atoms with Crippen molar-refractivity contribution in [2.45, 2.75) is 33.1 Å². The van der Waals surface area contributed by atoms with E-state index < -0.39 is 5.97 Å². The third-order valence-electron chi connectivity index (χ3n) is 2.93. The second kappa shape index (κ2) is 7.52. The fourth-order valence-corrected chi connectivity index (χ4v) is 1.78. The summed E-state index contributed by atoms with van der Waals surface area (Å²) < 4.78 is 7.16. The Morgan fingerprint density at radius 2 is 2.05 bits per heavy atom. The van der Waals surface area contributed by atoms with Gasteiger partial charge in [-0.1, -0.05) is 0 Å². The zero-order valence-corrected chi connectivity index (χ0v) is 12.1. The monoisotopic (exact) mass is 283 g/mol. The van der Waals surface area contributed by atoms with Crippen molar-refractivity contribution in [2.75, 3.05) is 13.2 Å². The molecule has 1 heterocycles. The number of carbonyl (C=O) groups is 2. The van der Waals surface area contributed by atoms with Crippen LogP contribution in [0.5, 0.6) is 5.75 Å². The van der Waals surface area contributed by atoms with E-state index in [1.54, 1.807) is 4.68 Å². The molecule has 112 valence electrons. The first-order chi connectivity index (χ1) is 9.41. The molecule has 0 atom stereocenters. The van der Waals surface area contributed by atoms with Crippen LogP contribution in [0.4, 0.5) is 0 Å². The molecule has 0 radical (unpaired) electrons. The van der Waals surface area contributed by atoms with Crippen molar-refractivity contribution in [3.8, 4) is 5.75 Å². The van der Waals surface area contributed by atoms with Crippen LogP contribution in [-0.2, 0) is 16.6 Å². The Hall–Kier alpha value is -2.05. The number of carbonyl (C=O) groups excluding carboxylic acids is 1. The molecule has 0 aromatic carbocycles. The fourth-order valence-electron chi connectivity index (χ4n) is 1.78. The van der Waals surface area contributed by atoms with Crippen molar-refractivity contribution in [1.82, 2.24) is 15.1 Å². The molecule has 1 aromatic rings. The summed E-state index contributed by atoms with van der Waals surface area (Å²) >= 11 is 0. The second-order valence-electron chi connectivity index (χ2n) is 4.61. The van der Waals surface area contributed by atoms with Crippen LogP contribution in [0.3, 0.4) is 0 Å². The number of nitrogens with zero attached hydrogens (tertiary/aromatic N) is 2. The molecule has 0 saturated carbocycles. The van der Waals surface area contributed by atoms with Crippen molar-refractivity contribution in [3.05, 3.63) is 11.4 Å². The van der Waals surface area contributed by atoms with Crippen LogP contribution >= 0.6 is 0 Å². The van der Waals surface area contributed by atoms with Gasteiger partial charge in [0.2, 0.25) is 0 Å². The summed E-state index contributed by atoms with van der Waals surface area (Å²) in [5, 5.41) is 15.4. The standard InChI is InChI=1S/C13H21N3O4/c1-9-13(10(2)16(3)15-9)20-8-11(17)14-7-5-4-6-12(18)19/h4-8H2,1-3H3,(H,14,17)(H,18,19). The van der Waals surface area contributed by atoms with Gasteiger partial charge in [0.25, 0.3) is 5.91 Å². The fraction of sp³-hybridized carbons (Fsp3) is 0.615. The van der Waals surface area contributed by atoms with E-state index in [9.17, 15) is 9.59 Å². The maximum atomic E-state index is 11.6. The molecule has 7 heteroatoms. The molecular formula is C13H21N3O4. The highest BCUT2D eigenvalue weighted by atomic mass is 16.5. The Kier molecular flexibility index (Phi) is 6.02. The van der Waals surface area contributed by atoms with Crippen LogP contribution in [0.2, 0.25) is 0 Å². The normalized spacial score (nSPS) is 10.3. The van der Waals surface area contributed by atoms with E-state index in [1.165, 1.54) is 0 Å². The minimum absolute atomic E-state index is 0.0632. The van der Waals surface area contributed by atoms with Gasteiger partial charge in [0.05, 0.1) is 5.69 Å². The molecular weight excluding hydrogens is 262 g/mol. The Balaban J connectivity index is 2.25. The van der Waals surface area contributed by atoms with Crippen LogP contribution in [0.25, 0.3) is 0 Å². The van der Waals surface area contributed by atoms with Crippen molar-refractivity contribution in [1.29, 1.82) is 0 Å². The zero-order chi connectivity index (χ0) is 15.1. The van der Waals surface area contributed by atoms with E-state index in [1.807, 2.05) is 20.9 Å². The van der Waals surface area contributed by atoms with Gasteiger partial charge < -0.3 is 15.2 Å². The Morgan fingerprint density at radius 1 is 1.35 bits per heavy atom. The number of carboxylic acids is 1. The summed E-state index contributed by atoms with van der Waals surface area (Å²) in [7, 11) is 1.82. The van der Waals surface area contributed by atoms with Crippen molar-refractivity contribution < 1.29 is 19.4 Å². The van der Waals surface area contributed by atoms with E-state index in [2.05, 4.69) is 10.4 Å². The number of nitrogens with one attached hydrogen (secondary N) is 1. The number of aliphatic carboxylic acids is 1. The van der Waals surface area contributed by atoms with Crippen LogP contribution in [-0.4, -0.2) is 39.9 Å². The summed E-state index contributed by atoms with van der Waals surface area (Å²) in [6.07, 6.45) is 1.32. The number of amides is 1. The predicted octanol–water partition coefficient (Wildman–Crippen LogP) is 0.787. The summed E-state index contributed by atoms with van der Waals surface area (Å²) in [4.78, 5) is 21.9. The molecule has 0 fully saturated rings. The van der Waals surface area contributed by atoms with Gasteiger partial charge in [-0.05, 0) is 26.7 Å². The third-order valence-corrected chi connectivity index (χ3v) is 2.93. The number of aromatic nitrogens is 2. The van der Waals surface area contributed by atoms with Gasteiger partial charge >= 0.3 is 5.97 Å². The Labute approximate surface area is 117 Å². The first kappa shape index (κ1) is 16.0. The molecule has 0 bridgehead atoms. The van der Waals surface area contributed by atoms with Gasteiger partial charge in [-0.2, -0.15) is 5.10 Å². The van der Waals surface area contributed by atoms with Gasteiger partial charge in [0.15, 0.2) is 12.4 Å². The number of unbranched alkanes of at least 4 members (excludes halogenated alkanes) is 1. The van der Waals surface area contributed by atoms with Gasteiger partial charge in [0.1, 0.15) is 5.69 Å². The molecule has 2 N–H and O–H groups in total. The Bertz CT molecular complexity index is 482. The van der Waals surface area contributed by atoms with Crippen molar-refractivity contribution in [2.24, 2.45) is 7.05 Å². The van der Waals surface area contributed by atoms with Crippen LogP contribution in [0.15, 0.2) is 0 Å². The van der Waals surface area contributed by atoms with Crippen molar-refractivity contribution in [3.63, 3.8) is 0 Å². The number of hydrogen-bond acceptors (Lipinski definition) is 4. The maximum absolute atomic E-state index is 11.6. The van der Waals surface area contributed by atoms with E-state index >= 15 is 0 Å². The predicted molar refractivity (Wildman–Crippen MR) is 72.7 cm³/mol. The summed E-state index contributed by atoms with van der Waals surface area (Å²) in [6.45, 7) is 4.10. The summed E-state index contributed by atoms with van der Waals surface area (Å²) in [5.74, 6) is -0.404. The molecule has 1 amide bonds. The zero-order valence-electron chi connectivity index (χ0n) is 12.1. The van der Waals surface area contributed by atoms with Gasteiger partial charge in [-0.3, -0.25) is 14.3 Å². The average molecular weight is 283 g/mol. The van der Waals surface area contributed by atoms with Gasteiger partial charge in [0, 0.05) is 20.0 Å². The lowest BCUT2D eigenvalue weighted by atomic mass is 10.2. The molecule has 0 aliphatic heterocycles. The summed E-state index contributed by atoms with van der Waals surface area (Å²) in [6, 6.07) is 0. The number of hydrogen-bond donors (Lipinski definition) is 2. The molecule has 0 saturated heterocycles. The Morgan fingerprint density at radius 3 is 2.60 bits per heavy atom. The maximum Gasteiger partial charge on any atom is 0.303 e. The van der Waals surface area contributed by atoms with Crippen LogP contribution in [0.1, 0.15) is 30.7 Å². The lowest BCUT2D eigenvalue weighted by Crippen LogP contribution is -2.29. The molecule has 1 rings (SSSR count). The summed E-state index contributed by atoms with van der Waals surface area (Å²) in [5.41, 5.74) is 1.62. The quantitative estimate of drug-likeness (QED) is 0.688. The number of ether oxygens (including phenoxy) is 1. The molecule has 1 aromatic heterocycles. The van der Waals surface area contributed by atoms with E-state index in [0.717, 1.165) is 11.4 Å². The largest absolute Gasteiger partial charge is 0.481 e. The smallest absolute Gasteiger partial charge is 0.303 e. The molecule has 0 aliphatic carbocycles. The highest BCUT2D eigenvalue weighted by molar-refractivity contribution is 5.77. The lowest BCUT2D eigenvalue weighted by Gasteiger charge is -2.07. The third kappa shape index (κ3) is 4.91. The second-order valence-corrected chi connectivity index (χ2v) is 4.61. The topological polar surface area (TPSA) is 93.5 Å². The molecule has 7 nitrogen and oxygen atoms in total. The molecule has 0 unspecified atom stereocenters. The van der Waals surface area contributed by atoms with E-state index in [0.29, 0.717) is 25.1 Å². The molecule has 0 spiro atoms. The molecule has 20 heavy (non-hydrogen) atoms. The van der Waals surface area contributed by atoms with E-state index in [-0.39, 0.29) is 18.9 Å². The highest BCUT2D eigenvalue weighted by Crippen LogP contribution is 2.20. The number of aryl methyl sites for hydroxylation is 2. The highest BCUT2D eigenvalue weighted by Gasteiger charge is 2.12. The SMILES string of the molecule is Cc1nn(C)c(C)c1OCC(=O)NCCCCC(=O)O. The van der Waals surface area contributed by atoms with E-state index in [4.69, 9.17) is 9.84 Å². The molecule has 0 aliphatic rings. The average Bonchev–Trinajstić information content (AvgIpc) is 2.60. The van der Waals surface area contributed by atoms with Gasteiger partial charge in [-0.25, -0.2) is 0 Å². The van der Waals surface area contributed by atoms with Crippen molar-refractivity contribution >= 4 is 11.9 Å². The first-order valence-corrected chi connectivity index (χ1v) is 6.53. The minimum Gasteiger partial charge on any atom is -0.481 e. The first-order valence-electron chi connectivity index (χ1n) is 6.53. The van der Waals surface area contributed by atoms with Gasteiger partial charge in [-0.15, -0.1) is 0 Å². The minimum atomic E-state index is -0.817. The van der Waals surface area contributed by atoms with Crippen LogP contribution in [0, 0.1) is 13.8 Å². The van der Waals surface area contributed by atoms with Crippen LogP contribution < -0.4 is 10.1 Å². The lowest BCUT2D eigenvalue weighted by molar-refractivity contribution is -0.137. The number of rotatable bonds is 8. The number of carboxylic acid groups (broad SMARTS) is 1.